The molecule has 10 N–H and O–H groups in total. The van der Waals surface area contributed by atoms with Gasteiger partial charge in [0.25, 0.3) is 22.4 Å². The van der Waals surface area contributed by atoms with E-state index in [0.717, 1.165) is 48.5 Å². The lowest BCUT2D eigenvalue weighted by Crippen LogP contribution is -2.71. The molecule has 0 aliphatic rings. The van der Waals surface area contributed by atoms with Gasteiger partial charge in [0.2, 0.25) is 23.1 Å². The highest BCUT2D eigenvalue weighted by atomic mass is 16.5. The second kappa shape index (κ2) is 16.5. The second-order valence-electron chi connectivity index (χ2n) is 10.8. The Morgan fingerprint density at radius 2 is 0.434 bits per heavy atom. The highest BCUT2D eigenvalue weighted by Crippen LogP contribution is 2.33. The molecule has 0 heterocycles. The molecule has 0 saturated carbocycles. The molecule has 0 fully saturated rings. The average molecular weight is 735 g/mol. The standard InChI is InChI=1S/2C18H14O8.H2O/c2*19-13(11-7-3-1-4-8-11)17(25,15(21)22)18(26,16(23)24)14(20)12-9-5-2-6-10-12;/h2*1-10,25-26H,(H,21,22)(H,23,24);1H2. The molecular formula is C36H30O17. The summed E-state index contributed by atoms with van der Waals surface area (Å²) >= 11 is 0. The molecule has 0 aromatic heterocycles. The molecule has 0 radical (unpaired) electrons. The van der Waals surface area contributed by atoms with Crippen LogP contribution >= 0.6 is 0 Å². The van der Waals surface area contributed by atoms with Gasteiger partial charge in [-0.3, -0.25) is 19.2 Å². The predicted molar refractivity (Wildman–Crippen MR) is 177 cm³/mol. The quantitative estimate of drug-likeness (QED) is 0.0621. The lowest BCUT2D eigenvalue weighted by atomic mass is 9.73. The van der Waals surface area contributed by atoms with Crippen LogP contribution < -0.4 is 0 Å². The number of aliphatic hydroxyl groups is 4. The highest BCUT2D eigenvalue weighted by Gasteiger charge is 2.71. The Kier molecular flexibility index (Phi) is 13.2. The summed E-state index contributed by atoms with van der Waals surface area (Å²) in [6.07, 6.45) is 0. The zero-order valence-electron chi connectivity index (χ0n) is 26.9. The Morgan fingerprint density at radius 1 is 0.302 bits per heavy atom. The maximum Gasteiger partial charge on any atom is 0.348 e. The number of benzene rings is 4. The molecule has 276 valence electrons. The first-order valence-corrected chi connectivity index (χ1v) is 14.6. The van der Waals surface area contributed by atoms with E-state index in [1.165, 1.54) is 72.8 Å². The van der Waals surface area contributed by atoms with Crippen LogP contribution in [-0.4, -0.2) is 116 Å². The minimum absolute atomic E-state index is 0. The molecule has 4 rings (SSSR count). The third kappa shape index (κ3) is 7.35. The van der Waals surface area contributed by atoms with Gasteiger partial charge in [0.15, 0.2) is 0 Å². The molecular weight excluding hydrogens is 704 g/mol. The minimum atomic E-state index is -3.95. The number of carbonyl (C=O) groups excluding carboxylic acids is 4. The summed E-state index contributed by atoms with van der Waals surface area (Å²) in [6.45, 7) is 0. The first kappa shape index (κ1) is 42.4. The number of Topliss-reactive ketones (excluding diaryl/α,β-unsaturated/α-hetero) is 4. The Balaban J connectivity index is 0.000000360. The fourth-order valence-electron chi connectivity index (χ4n) is 4.86. The molecule has 0 aliphatic heterocycles. The van der Waals surface area contributed by atoms with Crippen molar-refractivity contribution in [3.05, 3.63) is 144 Å². The molecule has 0 amide bonds. The van der Waals surface area contributed by atoms with Crippen LogP contribution in [0.3, 0.4) is 0 Å². The van der Waals surface area contributed by atoms with E-state index in [9.17, 15) is 79.2 Å². The molecule has 4 unspecified atom stereocenters. The molecule has 4 atom stereocenters. The fraction of sp³-hybridized carbons (Fsp3) is 0.111. The van der Waals surface area contributed by atoms with Crippen molar-refractivity contribution in [1.29, 1.82) is 0 Å². The van der Waals surface area contributed by atoms with Crippen molar-refractivity contribution >= 4 is 47.0 Å². The first-order chi connectivity index (χ1) is 24.3. The van der Waals surface area contributed by atoms with E-state index < -0.39 is 91.7 Å². The van der Waals surface area contributed by atoms with E-state index in [0.29, 0.717) is 0 Å². The van der Waals surface area contributed by atoms with Crippen LogP contribution in [0, 0.1) is 0 Å². The number of hydrogen-bond acceptors (Lipinski definition) is 12. The Labute approximate surface area is 297 Å². The minimum Gasteiger partial charge on any atom is -0.479 e. The largest absolute Gasteiger partial charge is 0.479 e. The van der Waals surface area contributed by atoms with Crippen LogP contribution in [0.1, 0.15) is 41.4 Å². The van der Waals surface area contributed by atoms with Crippen molar-refractivity contribution in [1.82, 2.24) is 0 Å². The molecule has 0 aliphatic carbocycles. The van der Waals surface area contributed by atoms with Gasteiger partial charge in [-0.1, -0.05) is 121 Å². The maximum absolute atomic E-state index is 12.6. The number of ketones is 4. The van der Waals surface area contributed by atoms with Gasteiger partial charge >= 0.3 is 23.9 Å². The van der Waals surface area contributed by atoms with Crippen LogP contribution in [0.15, 0.2) is 121 Å². The lowest BCUT2D eigenvalue weighted by Gasteiger charge is -2.34. The SMILES string of the molecule is O.O=C(O)C(O)(C(=O)c1ccccc1)C(O)(C(=O)O)C(=O)c1ccccc1.O=C(O)C(O)(C(=O)c1ccccc1)C(O)(C(=O)O)C(=O)c1ccccc1. The number of aliphatic carboxylic acids is 4. The summed E-state index contributed by atoms with van der Waals surface area (Å²) in [6, 6.07) is 25.6. The molecule has 0 bridgehead atoms. The van der Waals surface area contributed by atoms with Crippen molar-refractivity contribution in [2.24, 2.45) is 0 Å². The summed E-state index contributed by atoms with van der Waals surface area (Å²) in [5.74, 6) is -16.1. The molecule has 53 heavy (non-hydrogen) atoms. The third-order valence-electron chi connectivity index (χ3n) is 7.74. The first-order valence-electron chi connectivity index (χ1n) is 14.6. The average Bonchev–Trinajstić information content (AvgIpc) is 3.16. The van der Waals surface area contributed by atoms with Gasteiger partial charge in [-0.25, -0.2) is 19.2 Å². The monoisotopic (exact) mass is 734 g/mol. The van der Waals surface area contributed by atoms with E-state index in [1.54, 1.807) is 0 Å². The normalized spacial score (nSPS) is 15.0. The smallest absolute Gasteiger partial charge is 0.348 e. The lowest BCUT2D eigenvalue weighted by molar-refractivity contribution is -0.187. The number of rotatable bonds is 14. The van der Waals surface area contributed by atoms with Crippen LogP contribution in [0.25, 0.3) is 0 Å². The maximum atomic E-state index is 12.6. The topological polar surface area (TPSA) is 330 Å². The Hall–Kier alpha value is -6.76. The molecule has 0 spiro atoms. The van der Waals surface area contributed by atoms with Crippen molar-refractivity contribution in [3.63, 3.8) is 0 Å². The van der Waals surface area contributed by atoms with Crippen LogP contribution in [0.2, 0.25) is 0 Å². The molecule has 4 aromatic carbocycles. The predicted octanol–water partition coefficient (Wildman–Crippen LogP) is -0.0575. The zero-order chi connectivity index (χ0) is 39.1. The van der Waals surface area contributed by atoms with Gasteiger partial charge < -0.3 is 46.3 Å². The highest BCUT2D eigenvalue weighted by molar-refractivity contribution is 6.29. The second-order valence-corrected chi connectivity index (χ2v) is 10.8. The van der Waals surface area contributed by atoms with Crippen LogP contribution in [-0.2, 0) is 19.2 Å². The van der Waals surface area contributed by atoms with Crippen molar-refractivity contribution in [3.8, 4) is 0 Å². The van der Waals surface area contributed by atoms with E-state index in [4.69, 9.17) is 0 Å². The van der Waals surface area contributed by atoms with Gasteiger partial charge in [0.1, 0.15) is 0 Å². The summed E-state index contributed by atoms with van der Waals surface area (Å²) in [4.78, 5) is 97.1. The van der Waals surface area contributed by atoms with Crippen molar-refractivity contribution in [2.45, 2.75) is 22.4 Å². The number of carboxylic acids is 4. The molecule has 17 heteroatoms. The summed E-state index contributed by atoms with van der Waals surface area (Å²) in [7, 11) is 0. The number of hydrogen-bond donors (Lipinski definition) is 8. The number of carbonyl (C=O) groups is 8. The zero-order valence-corrected chi connectivity index (χ0v) is 26.9. The fourth-order valence-corrected chi connectivity index (χ4v) is 4.86. The van der Waals surface area contributed by atoms with Gasteiger partial charge in [0.05, 0.1) is 0 Å². The van der Waals surface area contributed by atoms with Gasteiger partial charge in [0, 0.05) is 22.3 Å². The Bertz CT molecular complexity index is 1720. The van der Waals surface area contributed by atoms with Gasteiger partial charge in [-0.15, -0.1) is 0 Å². The van der Waals surface area contributed by atoms with Gasteiger partial charge in [-0.2, -0.15) is 0 Å². The summed E-state index contributed by atoms with van der Waals surface area (Å²) in [5, 5.41) is 79.7. The van der Waals surface area contributed by atoms with Crippen LogP contribution in [0.5, 0.6) is 0 Å². The van der Waals surface area contributed by atoms with Crippen molar-refractivity contribution in [2.75, 3.05) is 0 Å². The third-order valence-corrected chi connectivity index (χ3v) is 7.74. The summed E-state index contributed by atoms with van der Waals surface area (Å²) in [5.41, 5.74) is -17.4. The number of carboxylic acid groups (broad SMARTS) is 4. The molecule has 4 aromatic rings. The molecule has 0 saturated heterocycles. The van der Waals surface area contributed by atoms with Crippen LogP contribution in [0.4, 0.5) is 0 Å². The Morgan fingerprint density at radius 3 is 0.547 bits per heavy atom. The van der Waals surface area contributed by atoms with E-state index in [2.05, 4.69) is 0 Å². The summed E-state index contributed by atoms with van der Waals surface area (Å²) < 4.78 is 0. The molecule has 17 nitrogen and oxygen atoms in total. The van der Waals surface area contributed by atoms with Crippen molar-refractivity contribution < 1.29 is 84.7 Å². The van der Waals surface area contributed by atoms with E-state index >= 15 is 0 Å². The van der Waals surface area contributed by atoms with Gasteiger partial charge in [-0.05, 0) is 0 Å². The van der Waals surface area contributed by atoms with E-state index in [-0.39, 0.29) is 5.48 Å². The van der Waals surface area contributed by atoms with E-state index in [1.807, 2.05) is 0 Å².